The van der Waals surface area contributed by atoms with Crippen LogP contribution in [0.1, 0.15) is 41.5 Å². The quantitative estimate of drug-likeness (QED) is 0.618. The average molecular weight is 216 g/mol. The molecule has 0 bridgehead atoms. The topological polar surface area (TPSA) is 0 Å². The summed E-state index contributed by atoms with van der Waals surface area (Å²) in [6.45, 7) is 13.3. The Labute approximate surface area is 100 Å². The van der Waals surface area contributed by atoms with Crippen molar-refractivity contribution in [3.8, 4) is 0 Å². The standard InChI is InChI=1S/C16H24/c1-7-9-14-12(5)13(6)15(10-8-2)16(14)11(3)4/h7-11,16H,1-6H3/b9-7-,10-8-. The molecule has 16 heavy (non-hydrogen) atoms. The van der Waals surface area contributed by atoms with E-state index in [2.05, 4.69) is 65.8 Å². The molecule has 0 heterocycles. The normalized spacial score (nSPS) is 19.2. The summed E-state index contributed by atoms with van der Waals surface area (Å²) in [6, 6.07) is 0. The fourth-order valence-corrected chi connectivity index (χ4v) is 2.60. The van der Waals surface area contributed by atoms with Gasteiger partial charge in [0, 0.05) is 5.92 Å². The summed E-state index contributed by atoms with van der Waals surface area (Å²) in [4.78, 5) is 0. The van der Waals surface area contributed by atoms with Gasteiger partial charge in [-0.15, -0.1) is 0 Å². The van der Waals surface area contributed by atoms with Crippen molar-refractivity contribution in [2.75, 3.05) is 0 Å². The Morgan fingerprint density at radius 2 is 1.25 bits per heavy atom. The second-order valence-electron chi connectivity index (χ2n) is 4.88. The summed E-state index contributed by atoms with van der Waals surface area (Å²) in [5, 5.41) is 0. The van der Waals surface area contributed by atoms with Crippen molar-refractivity contribution in [3.05, 3.63) is 46.6 Å². The summed E-state index contributed by atoms with van der Waals surface area (Å²) in [5.74, 6) is 1.23. The highest BCUT2D eigenvalue weighted by Gasteiger charge is 2.28. The van der Waals surface area contributed by atoms with Gasteiger partial charge in [-0.1, -0.05) is 38.2 Å². The van der Waals surface area contributed by atoms with E-state index in [1.54, 1.807) is 0 Å². The SMILES string of the molecule is C/C=C\C1=C(C)C(C)=C(/C=C\C)C1C(C)C. The Kier molecular flexibility index (Phi) is 4.35. The molecular weight excluding hydrogens is 192 g/mol. The molecule has 0 unspecified atom stereocenters. The number of hydrogen-bond donors (Lipinski definition) is 0. The summed E-state index contributed by atoms with van der Waals surface area (Å²) in [6.07, 6.45) is 8.86. The highest BCUT2D eigenvalue weighted by molar-refractivity contribution is 5.55. The minimum atomic E-state index is 0.576. The second kappa shape index (κ2) is 5.34. The van der Waals surface area contributed by atoms with Crippen LogP contribution in [0, 0.1) is 11.8 Å². The van der Waals surface area contributed by atoms with Crippen molar-refractivity contribution >= 4 is 0 Å². The van der Waals surface area contributed by atoms with Crippen molar-refractivity contribution in [1.82, 2.24) is 0 Å². The van der Waals surface area contributed by atoms with Crippen molar-refractivity contribution in [3.63, 3.8) is 0 Å². The molecule has 1 aliphatic rings. The lowest BCUT2D eigenvalue weighted by atomic mass is 9.84. The van der Waals surface area contributed by atoms with E-state index in [1.165, 1.54) is 22.3 Å². The molecular formula is C16H24. The average Bonchev–Trinajstić information content (AvgIpc) is 2.45. The largest absolute Gasteiger partial charge is 0.0874 e. The maximum absolute atomic E-state index is 2.31. The van der Waals surface area contributed by atoms with Crippen LogP contribution in [0.5, 0.6) is 0 Å². The van der Waals surface area contributed by atoms with Crippen LogP contribution in [0.15, 0.2) is 46.6 Å². The predicted octanol–water partition coefficient (Wildman–Crippen LogP) is 5.06. The monoisotopic (exact) mass is 216 g/mol. The van der Waals surface area contributed by atoms with E-state index in [-0.39, 0.29) is 0 Å². The second-order valence-corrected chi connectivity index (χ2v) is 4.88. The molecule has 0 fully saturated rings. The lowest BCUT2D eigenvalue weighted by molar-refractivity contribution is 0.523. The Balaban J connectivity index is 3.26. The van der Waals surface area contributed by atoms with E-state index in [4.69, 9.17) is 0 Å². The zero-order chi connectivity index (χ0) is 12.3. The molecule has 0 atom stereocenters. The molecule has 0 amide bonds. The smallest absolute Gasteiger partial charge is 0.0118 e. The first-order chi connectivity index (χ1) is 7.54. The van der Waals surface area contributed by atoms with Crippen LogP contribution in [0.2, 0.25) is 0 Å². The predicted molar refractivity (Wildman–Crippen MR) is 73.4 cm³/mol. The molecule has 0 aromatic carbocycles. The molecule has 0 aromatic rings. The molecule has 0 nitrogen and oxygen atoms in total. The van der Waals surface area contributed by atoms with E-state index >= 15 is 0 Å². The Morgan fingerprint density at radius 1 is 0.875 bits per heavy atom. The van der Waals surface area contributed by atoms with Crippen LogP contribution >= 0.6 is 0 Å². The van der Waals surface area contributed by atoms with Gasteiger partial charge < -0.3 is 0 Å². The van der Waals surface area contributed by atoms with Crippen LogP contribution in [-0.2, 0) is 0 Å². The molecule has 0 radical (unpaired) electrons. The zero-order valence-electron chi connectivity index (χ0n) is 11.5. The van der Waals surface area contributed by atoms with Gasteiger partial charge in [-0.25, -0.2) is 0 Å². The van der Waals surface area contributed by atoms with Gasteiger partial charge in [-0.3, -0.25) is 0 Å². The van der Waals surface area contributed by atoms with Crippen LogP contribution < -0.4 is 0 Å². The third-order valence-corrected chi connectivity index (χ3v) is 3.46. The molecule has 0 aromatic heterocycles. The van der Waals surface area contributed by atoms with Gasteiger partial charge in [0.05, 0.1) is 0 Å². The highest BCUT2D eigenvalue weighted by atomic mass is 14.3. The maximum Gasteiger partial charge on any atom is 0.0118 e. The first-order valence-corrected chi connectivity index (χ1v) is 6.21. The summed E-state index contributed by atoms with van der Waals surface area (Å²) in [7, 11) is 0. The third kappa shape index (κ3) is 2.21. The third-order valence-electron chi connectivity index (χ3n) is 3.46. The maximum atomic E-state index is 2.31. The fourth-order valence-electron chi connectivity index (χ4n) is 2.60. The van der Waals surface area contributed by atoms with Gasteiger partial charge in [-0.05, 0) is 55.9 Å². The van der Waals surface area contributed by atoms with Gasteiger partial charge in [-0.2, -0.15) is 0 Å². The van der Waals surface area contributed by atoms with Crippen molar-refractivity contribution in [1.29, 1.82) is 0 Å². The van der Waals surface area contributed by atoms with Crippen LogP contribution in [0.25, 0.3) is 0 Å². The zero-order valence-corrected chi connectivity index (χ0v) is 11.5. The molecule has 1 aliphatic carbocycles. The van der Waals surface area contributed by atoms with E-state index < -0.39 is 0 Å². The van der Waals surface area contributed by atoms with Gasteiger partial charge in [0.15, 0.2) is 0 Å². The molecule has 0 saturated carbocycles. The Bertz CT molecular complexity index is 339. The molecule has 0 saturated heterocycles. The highest BCUT2D eigenvalue weighted by Crippen LogP contribution is 2.42. The van der Waals surface area contributed by atoms with Crippen LogP contribution in [0.4, 0.5) is 0 Å². The van der Waals surface area contributed by atoms with E-state index in [0.717, 1.165) is 0 Å². The van der Waals surface area contributed by atoms with Crippen LogP contribution in [-0.4, -0.2) is 0 Å². The molecule has 0 aliphatic heterocycles. The fraction of sp³-hybridized carbons (Fsp3) is 0.500. The van der Waals surface area contributed by atoms with E-state index in [9.17, 15) is 0 Å². The van der Waals surface area contributed by atoms with Crippen molar-refractivity contribution in [2.24, 2.45) is 11.8 Å². The lowest BCUT2D eigenvalue weighted by Gasteiger charge is -2.20. The van der Waals surface area contributed by atoms with Crippen molar-refractivity contribution in [2.45, 2.75) is 41.5 Å². The van der Waals surface area contributed by atoms with E-state index in [0.29, 0.717) is 11.8 Å². The molecule has 0 spiro atoms. The first-order valence-electron chi connectivity index (χ1n) is 6.21. The van der Waals surface area contributed by atoms with Gasteiger partial charge in [0.2, 0.25) is 0 Å². The molecule has 88 valence electrons. The Hall–Kier alpha value is -1.04. The summed E-state index contributed by atoms with van der Waals surface area (Å²) < 4.78 is 0. The molecule has 0 N–H and O–H groups in total. The number of rotatable bonds is 3. The first kappa shape index (κ1) is 13.0. The Morgan fingerprint density at radius 3 is 1.50 bits per heavy atom. The van der Waals surface area contributed by atoms with Gasteiger partial charge >= 0.3 is 0 Å². The lowest BCUT2D eigenvalue weighted by Crippen LogP contribution is -2.10. The molecule has 1 rings (SSSR count). The van der Waals surface area contributed by atoms with Crippen molar-refractivity contribution < 1.29 is 0 Å². The number of allylic oxidation sites excluding steroid dienone is 8. The summed E-state index contributed by atoms with van der Waals surface area (Å²) >= 11 is 0. The van der Waals surface area contributed by atoms with Gasteiger partial charge in [0.1, 0.15) is 0 Å². The molecule has 0 heteroatoms. The minimum Gasteiger partial charge on any atom is -0.0874 e. The van der Waals surface area contributed by atoms with Crippen LogP contribution in [0.3, 0.4) is 0 Å². The van der Waals surface area contributed by atoms with E-state index in [1.807, 2.05) is 0 Å². The number of hydrogen-bond acceptors (Lipinski definition) is 0. The van der Waals surface area contributed by atoms with Gasteiger partial charge in [0.25, 0.3) is 0 Å². The minimum absolute atomic E-state index is 0.576. The summed E-state index contributed by atoms with van der Waals surface area (Å²) in [5.41, 5.74) is 5.93.